The fraction of sp³-hybridized carbons (Fsp3) is 0.889. The highest BCUT2D eigenvalue weighted by Crippen LogP contribution is 2.14. The van der Waals surface area contributed by atoms with Crippen LogP contribution >= 0.6 is 0 Å². The molecule has 1 unspecified atom stereocenters. The highest BCUT2D eigenvalue weighted by atomic mass is 16.5. The van der Waals surface area contributed by atoms with E-state index < -0.39 is 6.09 Å². The molecule has 1 amide bonds. The van der Waals surface area contributed by atoms with E-state index in [4.69, 9.17) is 9.84 Å². The second-order valence-corrected chi connectivity index (χ2v) is 3.82. The van der Waals surface area contributed by atoms with Gasteiger partial charge in [-0.1, -0.05) is 0 Å². The molecule has 2 aliphatic rings. The van der Waals surface area contributed by atoms with Crippen molar-refractivity contribution in [2.45, 2.75) is 12.5 Å². The lowest BCUT2D eigenvalue weighted by Crippen LogP contribution is -2.51. The van der Waals surface area contributed by atoms with Crippen LogP contribution < -0.4 is 0 Å². The summed E-state index contributed by atoms with van der Waals surface area (Å²) in [6.45, 7) is 4.62. The van der Waals surface area contributed by atoms with E-state index in [9.17, 15) is 4.79 Å². The van der Waals surface area contributed by atoms with Gasteiger partial charge in [-0.2, -0.15) is 0 Å². The molecule has 0 aromatic heterocycles. The van der Waals surface area contributed by atoms with Crippen molar-refractivity contribution in [1.29, 1.82) is 0 Å². The maximum atomic E-state index is 10.7. The zero-order valence-electron chi connectivity index (χ0n) is 8.19. The second kappa shape index (κ2) is 4.14. The van der Waals surface area contributed by atoms with Crippen molar-refractivity contribution < 1.29 is 14.6 Å². The molecule has 2 heterocycles. The number of carboxylic acid groups (broad SMARTS) is 1. The molecular weight excluding hydrogens is 184 g/mol. The average Bonchev–Trinajstić information content (AvgIpc) is 2.71. The van der Waals surface area contributed by atoms with Crippen molar-refractivity contribution in [3.8, 4) is 0 Å². The molecule has 0 saturated carbocycles. The van der Waals surface area contributed by atoms with Crippen LogP contribution in [0.3, 0.4) is 0 Å². The van der Waals surface area contributed by atoms with Crippen LogP contribution in [-0.2, 0) is 4.74 Å². The summed E-state index contributed by atoms with van der Waals surface area (Å²) in [6, 6.07) is 0.519. The van der Waals surface area contributed by atoms with Gasteiger partial charge in [0.25, 0.3) is 0 Å². The quantitative estimate of drug-likeness (QED) is 0.651. The number of carbonyl (C=O) groups is 1. The van der Waals surface area contributed by atoms with Crippen LogP contribution in [0.15, 0.2) is 0 Å². The molecule has 80 valence electrons. The third kappa shape index (κ3) is 1.99. The number of rotatable bonds is 1. The van der Waals surface area contributed by atoms with E-state index in [1.54, 1.807) is 0 Å². The lowest BCUT2D eigenvalue weighted by Gasteiger charge is -2.36. The summed E-state index contributed by atoms with van der Waals surface area (Å²) in [4.78, 5) is 14.5. The van der Waals surface area contributed by atoms with Crippen molar-refractivity contribution in [2.75, 3.05) is 39.4 Å². The minimum atomic E-state index is -0.799. The van der Waals surface area contributed by atoms with E-state index in [2.05, 4.69) is 4.90 Å². The largest absolute Gasteiger partial charge is 0.465 e. The van der Waals surface area contributed by atoms with Gasteiger partial charge in [0.05, 0.1) is 6.61 Å². The number of nitrogens with zero attached hydrogens (tertiary/aromatic N) is 2. The Morgan fingerprint density at radius 3 is 2.50 bits per heavy atom. The van der Waals surface area contributed by atoms with Crippen molar-refractivity contribution in [2.24, 2.45) is 0 Å². The van der Waals surface area contributed by atoms with Gasteiger partial charge in [0.1, 0.15) is 0 Å². The van der Waals surface area contributed by atoms with E-state index in [0.29, 0.717) is 19.1 Å². The predicted molar refractivity (Wildman–Crippen MR) is 50.4 cm³/mol. The summed E-state index contributed by atoms with van der Waals surface area (Å²) in [5.74, 6) is 0. The minimum absolute atomic E-state index is 0.519. The first-order valence-electron chi connectivity index (χ1n) is 5.07. The Morgan fingerprint density at radius 2 is 2.00 bits per heavy atom. The Morgan fingerprint density at radius 1 is 1.29 bits per heavy atom. The molecule has 14 heavy (non-hydrogen) atoms. The van der Waals surface area contributed by atoms with Crippen molar-refractivity contribution in [3.63, 3.8) is 0 Å². The molecular formula is C9H16N2O3. The number of hydrogen-bond acceptors (Lipinski definition) is 3. The zero-order chi connectivity index (χ0) is 9.97. The van der Waals surface area contributed by atoms with Gasteiger partial charge < -0.3 is 14.7 Å². The van der Waals surface area contributed by atoms with Gasteiger partial charge in [0.15, 0.2) is 0 Å². The maximum Gasteiger partial charge on any atom is 0.407 e. The maximum absolute atomic E-state index is 10.7. The van der Waals surface area contributed by atoms with Crippen LogP contribution in [0.2, 0.25) is 0 Å². The zero-order valence-corrected chi connectivity index (χ0v) is 8.19. The third-order valence-corrected chi connectivity index (χ3v) is 3.01. The van der Waals surface area contributed by atoms with Crippen LogP contribution in [0, 0.1) is 0 Å². The van der Waals surface area contributed by atoms with Crippen molar-refractivity contribution in [3.05, 3.63) is 0 Å². The Balaban J connectivity index is 1.80. The van der Waals surface area contributed by atoms with Crippen molar-refractivity contribution >= 4 is 6.09 Å². The predicted octanol–water partition coefficient (Wildman–Crippen LogP) is 0.0709. The summed E-state index contributed by atoms with van der Waals surface area (Å²) < 4.78 is 5.31. The molecule has 5 nitrogen and oxygen atoms in total. The smallest absolute Gasteiger partial charge is 0.407 e. The van der Waals surface area contributed by atoms with E-state index in [1.165, 1.54) is 4.90 Å². The highest BCUT2D eigenvalue weighted by Gasteiger charge is 2.27. The molecule has 0 spiro atoms. The summed E-state index contributed by atoms with van der Waals surface area (Å²) in [5, 5.41) is 8.77. The summed E-state index contributed by atoms with van der Waals surface area (Å²) >= 11 is 0. The fourth-order valence-corrected chi connectivity index (χ4v) is 2.09. The van der Waals surface area contributed by atoms with Gasteiger partial charge >= 0.3 is 6.09 Å². The molecule has 0 bridgehead atoms. The first kappa shape index (κ1) is 9.73. The molecule has 0 aromatic rings. The van der Waals surface area contributed by atoms with Crippen LogP contribution in [0.1, 0.15) is 6.42 Å². The molecule has 2 fully saturated rings. The summed E-state index contributed by atoms with van der Waals surface area (Å²) in [7, 11) is 0. The van der Waals surface area contributed by atoms with E-state index in [1.807, 2.05) is 0 Å². The molecule has 5 heteroatoms. The molecule has 0 radical (unpaired) electrons. The van der Waals surface area contributed by atoms with Crippen molar-refractivity contribution in [1.82, 2.24) is 9.80 Å². The molecule has 1 N–H and O–H groups in total. The van der Waals surface area contributed by atoms with Gasteiger partial charge in [0.2, 0.25) is 0 Å². The first-order valence-corrected chi connectivity index (χ1v) is 5.07. The molecule has 0 aromatic carbocycles. The third-order valence-electron chi connectivity index (χ3n) is 3.01. The highest BCUT2D eigenvalue weighted by molar-refractivity contribution is 5.65. The Bertz CT molecular complexity index is 208. The topological polar surface area (TPSA) is 53.0 Å². The summed E-state index contributed by atoms with van der Waals surface area (Å²) in [5.41, 5.74) is 0. The fourth-order valence-electron chi connectivity index (χ4n) is 2.09. The lowest BCUT2D eigenvalue weighted by molar-refractivity contribution is 0.0781. The molecule has 2 aliphatic heterocycles. The molecule has 1 atom stereocenters. The van der Waals surface area contributed by atoms with Gasteiger partial charge in [0, 0.05) is 38.8 Å². The first-order chi connectivity index (χ1) is 6.77. The van der Waals surface area contributed by atoms with E-state index in [0.717, 1.165) is 32.7 Å². The Hall–Kier alpha value is -0.810. The van der Waals surface area contributed by atoms with Gasteiger partial charge in [-0.05, 0) is 6.42 Å². The SMILES string of the molecule is O=C(O)N1CCN(C2CCOC2)CC1. The number of amides is 1. The average molecular weight is 200 g/mol. The molecule has 0 aliphatic carbocycles. The number of ether oxygens (including phenoxy) is 1. The Kier molecular flexibility index (Phi) is 2.88. The van der Waals surface area contributed by atoms with Gasteiger partial charge in [-0.25, -0.2) is 4.79 Å². The standard InChI is InChI=1S/C9H16N2O3/c12-9(13)11-4-2-10(3-5-11)8-1-6-14-7-8/h8H,1-7H2,(H,12,13). The van der Waals surface area contributed by atoms with Gasteiger partial charge in [-0.3, -0.25) is 4.90 Å². The van der Waals surface area contributed by atoms with Crippen LogP contribution in [0.25, 0.3) is 0 Å². The van der Waals surface area contributed by atoms with E-state index in [-0.39, 0.29) is 0 Å². The number of hydrogen-bond donors (Lipinski definition) is 1. The molecule has 2 saturated heterocycles. The number of piperazine rings is 1. The Labute approximate surface area is 83.2 Å². The van der Waals surface area contributed by atoms with Crippen LogP contribution in [0.5, 0.6) is 0 Å². The van der Waals surface area contributed by atoms with Gasteiger partial charge in [-0.15, -0.1) is 0 Å². The molecule has 2 rings (SSSR count). The second-order valence-electron chi connectivity index (χ2n) is 3.82. The van der Waals surface area contributed by atoms with E-state index >= 15 is 0 Å². The minimum Gasteiger partial charge on any atom is -0.465 e. The van der Waals surface area contributed by atoms with Crippen LogP contribution in [0.4, 0.5) is 4.79 Å². The van der Waals surface area contributed by atoms with Crippen LogP contribution in [-0.4, -0.2) is 66.4 Å². The summed E-state index contributed by atoms with van der Waals surface area (Å²) in [6.07, 6.45) is 0.292. The monoisotopic (exact) mass is 200 g/mol. The normalized spacial score (nSPS) is 29.4. The lowest BCUT2D eigenvalue weighted by atomic mass is 10.2.